The SMILES string of the molecule is NCc1ccc(-c2cc(C(=O)NC3CC3)ccc2F)nn1. The zero-order valence-electron chi connectivity index (χ0n) is 11.3. The minimum absolute atomic E-state index is 0.190. The van der Waals surface area contributed by atoms with E-state index in [1.807, 2.05) is 0 Å². The summed E-state index contributed by atoms with van der Waals surface area (Å²) in [4.78, 5) is 12.0. The lowest BCUT2D eigenvalue weighted by Crippen LogP contribution is -2.25. The molecule has 1 heterocycles. The van der Waals surface area contributed by atoms with Crippen molar-refractivity contribution in [1.29, 1.82) is 0 Å². The van der Waals surface area contributed by atoms with Gasteiger partial charge in [0.1, 0.15) is 5.82 Å². The Morgan fingerprint density at radius 2 is 2.10 bits per heavy atom. The van der Waals surface area contributed by atoms with Crippen LogP contribution in [0.25, 0.3) is 11.3 Å². The van der Waals surface area contributed by atoms with E-state index in [0.29, 0.717) is 17.0 Å². The molecule has 1 aromatic carbocycles. The molecule has 5 nitrogen and oxygen atoms in total. The fourth-order valence-electron chi connectivity index (χ4n) is 1.97. The van der Waals surface area contributed by atoms with Crippen molar-refractivity contribution < 1.29 is 9.18 Å². The number of rotatable bonds is 4. The second-order valence-corrected chi connectivity index (χ2v) is 5.06. The highest BCUT2D eigenvalue weighted by Crippen LogP contribution is 2.23. The summed E-state index contributed by atoms with van der Waals surface area (Å²) in [5, 5.41) is 10.7. The number of carbonyl (C=O) groups excluding carboxylic acids is 1. The maximum atomic E-state index is 14.0. The Hall–Kier alpha value is -2.34. The van der Waals surface area contributed by atoms with Crippen molar-refractivity contribution in [3.8, 4) is 11.3 Å². The average Bonchev–Trinajstić information content (AvgIpc) is 3.32. The van der Waals surface area contributed by atoms with Crippen molar-refractivity contribution >= 4 is 5.91 Å². The molecule has 3 N–H and O–H groups in total. The van der Waals surface area contributed by atoms with Crippen LogP contribution in [0, 0.1) is 5.82 Å². The third-order valence-electron chi connectivity index (χ3n) is 3.35. The van der Waals surface area contributed by atoms with E-state index in [9.17, 15) is 9.18 Å². The summed E-state index contributed by atoms with van der Waals surface area (Å²) in [7, 11) is 0. The van der Waals surface area contributed by atoms with Crippen LogP contribution in [-0.2, 0) is 6.54 Å². The maximum absolute atomic E-state index is 14.0. The monoisotopic (exact) mass is 286 g/mol. The molecule has 0 radical (unpaired) electrons. The first-order chi connectivity index (χ1) is 10.2. The van der Waals surface area contributed by atoms with E-state index in [1.165, 1.54) is 18.2 Å². The van der Waals surface area contributed by atoms with Crippen LogP contribution in [0.15, 0.2) is 30.3 Å². The second kappa shape index (κ2) is 5.57. The van der Waals surface area contributed by atoms with Crippen molar-refractivity contribution in [2.24, 2.45) is 5.73 Å². The zero-order chi connectivity index (χ0) is 14.8. The molecule has 0 atom stereocenters. The largest absolute Gasteiger partial charge is 0.349 e. The first-order valence-electron chi connectivity index (χ1n) is 6.81. The minimum Gasteiger partial charge on any atom is -0.349 e. The lowest BCUT2D eigenvalue weighted by molar-refractivity contribution is 0.0951. The number of nitrogens with two attached hydrogens (primary N) is 1. The molecule has 1 aliphatic rings. The van der Waals surface area contributed by atoms with Gasteiger partial charge in [-0.25, -0.2) is 4.39 Å². The lowest BCUT2D eigenvalue weighted by atomic mass is 10.1. The van der Waals surface area contributed by atoms with Crippen LogP contribution in [0.2, 0.25) is 0 Å². The second-order valence-electron chi connectivity index (χ2n) is 5.06. The van der Waals surface area contributed by atoms with E-state index in [1.54, 1.807) is 12.1 Å². The molecule has 1 aromatic heterocycles. The van der Waals surface area contributed by atoms with Gasteiger partial charge in [0.25, 0.3) is 5.91 Å². The van der Waals surface area contributed by atoms with E-state index in [0.717, 1.165) is 12.8 Å². The van der Waals surface area contributed by atoms with Crippen molar-refractivity contribution in [2.75, 3.05) is 0 Å². The van der Waals surface area contributed by atoms with Crippen LogP contribution in [0.1, 0.15) is 28.9 Å². The van der Waals surface area contributed by atoms with Crippen molar-refractivity contribution in [3.63, 3.8) is 0 Å². The van der Waals surface area contributed by atoms with Crippen LogP contribution < -0.4 is 11.1 Å². The van der Waals surface area contributed by atoms with E-state index >= 15 is 0 Å². The third-order valence-corrected chi connectivity index (χ3v) is 3.35. The average molecular weight is 286 g/mol. The van der Waals surface area contributed by atoms with Gasteiger partial charge in [0.2, 0.25) is 0 Å². The van der Waals surface area contributed by atoms with E-state index in [-0.39, 0.29) is 24.1 Å². The van der Waals surface area contributed by atoms with E-state index in [4.69, 9.17) is 5.73 Å². The fourth-order valence-corrected chi connectivity index (χ4v) is 1.97. The number of hydrogen-bond donors (Lipinski definition) is 2. The Bertz CT molecular complexity index is 668. The predicted molar refractivity (Wildman–Crippen MR) is 75.8 cm³/mol. The number of benzene rings is 1. The Balaban J connectivity index is 1.90. The molecule has 1 saturated carbocycles. The molecular weight excluding hydrogens is 271 g/mol. The van der Waals surface area contributed by atoms with Gasteiger partial charge in [-0.05, 0) is 43.2 Å². The van der Waals surface area contributed by atoms with Gasteiger partial charge in [0, 0.05) is 23.7 Å². The van der Waals surface area contributed by atoms with Crippen LogP contribution in [0.4, 0.5) is 4.39 Å². The molecule has 21 heavy (non-hydrogen) atoms. The quantitative estimate of drug-likeness (QED) is 0.895. The topological polar surface area (TPSA) is 80.9 Å². The number of carbonyl (C=O) groups is 1. The fraction of sp³-hybridized carbons (Fsp3) is 0.267. The number of amides is 1. The minimum atomic E-state index is -0.437. The van der Waals surface area contributed by atoms with Gasteiger partial charge in [-0.3, -0.25) is 4.79 Å². The van der Waals surface area contributed by atoms with Crippen LogP contribution in [0.3, 0.4) is 0 Å². The van der Waals surface area contributed by atoms with Crippen LogP contribution in [0.5, 0.6) is 0 Å². The molecule has 2 aromatic rings. The van der Waals surface area contributed by atoms with Gasteiger partial charge >= 0.3 is 0 Å². The van der Waals surface area contributed by atoms with Gasteiger partial charge in [0.15, 0.2) is 0 Å². The Morgan fingerprint density at radius 3 is 2.71 bits per heavy atom. The lowest BCUT2D eigenvalue weighted by Gasteiger charge is -2.07. The van der Waals surface area contributed by atoms with Crippen LogP contribution >= 0.6 is 0 Å². The Morgan fingerprint density at radius 1 is 1.29 bits per heavy atom. The molecule has 1 amide bonds. The number of nitrogens with zero attached hydrogens (tertiary/aromatic N) is 2. The number of halogens is 1. The molecule has 1 aliphatic carbocycles. The molecule has 0 aliphatic heterocycles. The van der Waals surface area contributed by atoms with Gasteiger partial charge in [-0.1, -0.05) is 0 Å². The molecule has 0 saturated heterocycles. The number of hydrogen-bond acceptors (Lipinski definition) is 4. The number of nitrogens with one attached hydrogen (secondary N) is 1. The van der Waals surface area contributed by atoms with Gasteiger partial charge in [-0.15, -0.1) is 0 Å². The molecule has 108 valence electrons. The summed E-state index contributed by atoms with van der Waals surface area (Å²) < 4.78 is 14.0. The predicted octanol–water partition coefficient (Wildman–Crippen LogP) is 1.63. The summed E-state index contributed by atoms with van der Waals surface area (Å²) in [6.07, 6.45) is 2.01. The summed E-state index contributed by atoms with van der Waals surface area (Å²) in [5.74, 6) is -0.627. The standard InChI is InChI=1S/C15H15FN4O/c16-13-5-1-9(15(21)18-10-2-3-10)7-12(13)14-6-4-11(8-17)19-20-14/h1,4-7,10H,2-3,8,17H2,(H,18,21). The Labute approximate surface area is 121 Å². The third kappa shape index (κ3) is 3.05. The maximum Gasteiger partial charge on any atom is 0.251 e. The summed E-state index contributed by atoms with van der Waals surface area (Å²) in [5.41, 5.74) is 7.14. The molecule has 0 bridgehead atoms. The highest BCUT2D eigenvalue weighted by atomic mass is 19.1. The first kappa shape index (κ1) is 13.6. The van der Waals surface area contributed by atoms with Gasteiger partial charge < -0.3 is 11.1 Å². The Kier molecular flexibility index (Phi) is 3.62. The first-order valence-corrected chi connectivity index (χ1v) is 6.81. The highest BCUT2D eigenvalue weighted by molar-refractivity contribution is 5.95. The molecule has 3 rings (SSSR count). The molecule has 0 unspecified atom stereocenters. The van der Waals surface area contributed by atoms with Gasteiger partial charge in [0.05, 0.1) is 11.4 Å². The zero-order valence-corrected chi connectivity index (χ0v) is 11.3. The van der Waals surface area contributed by atoms with Crippen LogP contribution in [-0.4, -0.2) is 22.1 Å². The van der Waals surface area contributed by atoms with E-state index < -0.39 is 5.82 Å². The van der Waals surface area contributed by atoms with E-state index in [2.05, 4.69) is 15.5 Å². The normalized spacial score (nSPS) is 14.0. The highest BCUT2D eigenvalue weighted by Gasteiger charge is 2.24. The summed E-state index contributed by atoms with van der Waals surface area (Å²) >= 11 is 0. The molecule has 1 fully saturated rings. The summed E-state index contributed by atoms with van der Waals surface area (Å²) in [6, 6.07) is 7.84. The molecule has 6 heteroatoms. The smallest absolute Gasteiger partial charge is 0.251 e. The van der Waals surface area contributed by atoms with Crippen molar-refractivity contribution in [2.45, 2.75) is 25.4 Å². The van der Waals surface area contributed by atoms with Gasteiger partial charge in [-0.2, -0.15) is 10.2 Å². The number of aromatic nitrogens is 2. The van der Waals surface area contributed by atoms with Crippen molar-refractivity contribution in [1.82, 2.24) is 15.5 Å². The molecular formula is C15H15FN4O. The summed E-state index contributed by atoms with van der Waals surface area (Å²) in [6.45, 7) is 0.277. The van der Waals surface area contributed by atoms with Crippen molar-refractivity contribution in [3.05, 3.63) is 47.4 Å². The molecule has 0 spiro atoms.